The second-order valence-electron chi connectivity index (χ2n) is 6.05. The fraction of sp³-hybridized carbons (Fsp3) is 0.529. The van der Waals surface area contributed by atoms with Gasteiger partial charge < -0.3 is 14.5 Å². The molecule has 1 unspecified atom stereocenters. The molecule has 1 aliphatic heterocycles. The molecule has 5 nitrogen and oxygen atoms in total. The SMILES string of the molecule is COc1cccc(N2CCN(C(=O)CC(C)C)C(C)C2=O)c1. The summed E-state index contributed by atoms with van der Waals surface area (Å²) in [6.07, 6.45) is 0.483. The summed E-state index contributed by atoms with van der Waals surface area (Å²) in [5, 5.41) is 0. The highest BCUT2D eigenvalue weighted by Crippen LogP contribution is 2.25. The second-order valence-corrected chi connectivity index (χ2v) is 6.05. The maximum atomic E-state index is 12.6. The van der Waals surface area contributed by atoms with Gasteiger partial charge in [-0.1, -0.05) is 19.9 Å². The first kappa shape index (κ1) is 16.3. The highest BCUT2D eigenvalue weighted by Gasteiger charge is 2.34. The number of amides is 2. The molecule has 0 aromatic heterocycles. The van der Waals surface area contributed by atoms with Gasteiger partial charge >= 0.3 is 0 Å². The van der Waals surface area contributed by atoms with Gasteiger partial charge in [0.25, 0.3) is 0 Å². The molecule has 0 bridgehead atoms. The van der Waals surface area contributed by atoms with Gasteiger partial charge in [0.05, 0.1) is 7.11 Å². The Morgan fingerprint density at radius 1 is 1.36 bits per heavy atom. The number of carbonyl (C=O) groups excluding carboxylic acids is 2. The smallest absolute Gasteiger partial charge is 0.249 e. The van der Waals surface area contributed by atoms with Crippen molar-refractivity contribution in [3.05, 3.63) is 24.3 Å². The van der Waals surface area contributed by atoms with Gasteiger partial charge in [0.1, 0.15) is 11.8 Å². The van der Waals surface area contributed by atoms with E-state index in [2.05, 4.69) is 0 Å². The van der Waals surface area contributed by atoms with Crippen molar-refractivity contribution in [1.29, 1.82) is 0 Å². The summed E-state index contributed by atoms with van der Waals surface area (Å²) in [7, 11) is 1.60. The lowest BCUT2D eigenvalue weighted by Crippen LogP contribution is -2.57. The molecule has 2 rings (SSSR count). The molecule has 2 amide bonds. The molecule has 120 valence electrons. The van der Waals surface area contributed by atoms with Crippen LogP contribution < -0.4 is 9.64 Å². The van der Waals surface area contributed by atoms with Crippen molar-refractivity contribution in [3.8, 4) is 5.75 Å². The van der Waals surface area contributed by atoms with Crippen molar-refractivity contribution in [2.24, 2.45) is 5.92 Å². The van der Waals surface area contributed by atoms with Crippen LogP contribution in [0.1, 0.15) is 27.2 Å². The van der Waals surface area contributed by atoms with E-state index in [0.29, 0.717) is 25.4 Å². The van der Waals surface area contributed by atoms with E-state index >= 15 is 0 Å². The molecule has 1 atom stereocenters. The Morgan fingerprint density at radius 3 is 2.73 bits per heavy atom. The molecule has 1 aliphatic rings. The normalized spacial score (nSPS) is 18.8. The van der Waals surface area contributed by atoms with Gasteiger partial charge in [-0.2, -0.15) is 0 Å². The van der Waals surface area contributed by atoms with E-state index in [-0.39, 0.29) is 11.8 Å². The van der Waals surface area contributed by atoms with Crippen LogP contribution in [-0.2, 0) is 9.59 Å². The van der Waals surface area contributed by atoms with E-state index in [1.54, 1.807) is 23.8 Å². The Kier molecular flexibility index (Phi) is 5.06. The van der Waals surface area contributed by atoms with E-state index in [1.165, 1.54) is 0 Å². The lowest BCUT2D eigenvalue weighted by Gasteiger charge is -2.39. The van der Waals surface area contributed by atoms with Crippen LogP contribution in [0.5, 0.6) is 5.75 Å². The summed E-state index contributed by atoms with van der Waals surface area (Å²) in [5.41, 5.74) is 0.812. The number of benzene rings is 1. The minimum Gasteiger partial charge on any atom is -0.497 e. The van der Waals surface area contributed by atoms with Crippen LogP contribution in [0, 0.1) is 5.92 Å². The van der Waals surface area contributed by atoms with Crippen molar-refractivity contribution in [3.63, 3.8) is 0 Å². The van der Waals surface area contributed by atoms with Gasteiger partial charge in [-0.15, -0.1) is 0 Å². The quantitative estimate of drug-likeness (QED) is 0.857. The Hall–Kier alpha value is -2.04. The molecular weight excluding hydrogens is 280 g/mol. The molecule has 1 aromatic rings. The van der Waals surface area contributed by atoms with E-state index in [9.17, 15) is 9.59 Å². The maximum absolute atomic E-state index is 12.6. The van der Waals surface area contributed by atoms with Crippen LogP contribution in [0.25, 0.3) is 0 Å². The highest BCUT2D eigenvalue weighted by molar-refractivity contribution is 6.00. The molecule has 0 saturated carbocycles. The zero-order valence-corrected chi connectivity index (χ0v) is 13.7. The van der Waals surface area contributed by atoms with Gasteiger partial charge in [-0.3, -0.25) is 9.59 Å². The summed E-state index contributed by atoms with van der Waals surface area (Å²) in [6, 6.07) is 7.02. The number of nitrogens with zero attached hydrogens (tertiary/aromatic N) is 2. The fourth-order valence-corrected chi connectivity index (χ4v) is 2.71. The largest absolute Gasteiger partial charge is 0.497 e. The van der Waals surface area contributed by atoms with E-state index in [1.807, 2.05) is 38.1 Å². The predicted octanol–water partition coefficient (Wildman–Crippen LogP) is 2.31. The van der Waals surface area contributed by atoms with Gasteiger partial charge in [-0.25, -0.2) is 0 Å². The standard InChI is InChI=1S/C17H24N2O3/c1-12(2)10-16(20)18-8-9-19(17(21)13(18)3)14-6-5-7-15(11-14)22-4/h5-7,11-13H,8-10H2,1-4H3. The van der Waals surface area contributed by atoms with Crippen molar-refractivity contribution in [2.75, 3.05) is 25.1 Å². The average Bonchev–Trinajstić information content (AvgIpc) is 2.49. The van der Waals surface area contributed by atoms with E-state index in [0.717, 1.165) is 11.4 Å². The first-order chi connectivity index (χ1) is 10.4. The summed E-state index contributed by atoms with van der Waals surface area (Å²) < 4.78 is 5.21. The van der Waals surface area contributed by atoms with Crippen LogP contribution in [0.15, 0.2) is 24.3 Å². The number of carbonyl (C=O) groups is 2. The molecule has 0 spiro atoms. The Morgan fingerprint density at radius 2 is 2.09 bits per heavy atom. The van der Waals surface area contributed by atoms with Crippen LogP contribution in [0.2, 0.25) is 0 Å². The number of hydrogen-bond donors (Lipinski definition) is 0. The molecule has 0 radical (unpaired) electrons. The lowest BCUT2D eigenvalue weighted by atomic mass is 10.1. The third kappa shape index (κ3) is 3.40. The first-order valence-corrected chi connectivity index (χ1v) is 7.69. The van der Waals surface area contributed by atoms with Crippen molar-refractivity contribution >= 4 is 17.5 Å². The second kappa shape index (κ2) is 6.81. The Bertz CT molecular complexity index is 557. The summed E-state index contributed by atoms with van der Waals surface area (Å²) >= 11 is 0. The van der Waals surface area contributed by atoms with Gasteiger partial charge in [-0.05, 0) is 25.0 Å². The molecule has 1 aromatic carbocycles. The van der Waals surface area contributed by atoms with Crippen LogP contribution in [0.4, 0.5) is 5.69 Å². The number of ether oxygens (including phenoxy) is 1. The predicted molar refractivity (Wildman–Crippen MR) is 86.0 cm³/mol. The van der Waals surface area contributed by atoms with Crippen molar-refractivity contribution in [1.82, 2.24) is 4.90 Å². The maximum Gasteiger partial charge on any atom is 0.249 e. The Balaban J connectivity index is 2.13. The van der Waals surface area contributed by atoms with Gasteiger partial charge in [0, 0.05) is 31.3 Å². The minimum absolute atomic E-state index is 0.0448. The lowest BCUT2D eigenvalue weighted by molar-refractivity contribution is -0.141. The van der Waals surface area contributed by atoms with Crippen LogP contribution in [0.3, 0.4) is 0 Å². The molecule has 0 aliphatic carbocycles. The number of hydrogen-bond acceptors (Lipinski definition) is 3. The summed E-state index contributed by atoms with van der Waals surface area (Å²) in [5.74, 6) is 1.03. The number of piperazine rings is 1. The third-order valence-electron chi connectivity index (χ3n) is 3.92. The van der Waals surface area contributed by atoms with E-state index < -0.39 is 6.04 Å². The summed E-state index contributed by atoms with van der Waals surface area (Å²) in [4.78, 5) is 28.3. The number of rotatable bonds is 4. The highest BCUT2D eigenvalue weighted by atomic mass is 16.5. The molecule has 0 N–H and O–H groups in total. The fourth-order valence-electron chi connectivity index (χ4n) is 2.71. The van der Waals surface area contributed by atoms with E-state index in [4.69, 9.17) is 4.74 Å². The molecule has 1 fully saturated rings. The average molecular weight is 304 g/mol. The van der Waals surface area contributed by atoms with Crippen LogP contribution in [-0.4, -0.2) is 43.0 Å². The minimum atomic E-state index is -0.425. The Labute approximate surface area is 131 Å². The first-order valence-electron chi connectivity index (χ1n) is 7.69. The topological polar surface area (TPSA) is 49.9 Å². The number of methoxy groups -OCH3 is 1. The van der Waals surface area contributed by atoms with Gasteiger partial charge in [0.15, 0.2) is 0 Å². The molecule has 5 heteroatoms. The zero-order valence-electron chi connectivity index (χ0n) is 13.7. The molecule has 22 heavy (non-hydrogen) atoms. The van der Waals surface area contributed by atoms with Crippen LogP contribution >= 0.6 is 0 Å². The molecule has 1 saturated heterocycles. The molecule has 1 heterocycles. The van der Waals surface area contributed by atoms with Crippen molar-refractivity contribution < 1.29 is 14.3 Å². The zero-order chi connectivity index (χ0) is 16.3. The summed E-state index contributed by atoms with van der Waals surface area (Å²) in [6.45, 7) is 6.90. The third-order valence-corrected chi connectivity index (χ3v) is 3.92. The number of anilines is 1. The van der Waals surface area contributed by atoms with Crippen molar-refractivity contribution in [2.45, 2.75) is 33.2 Å². The van der Waals surface area contributed by atoms with Gasteiger partial charge in [0.2, 0.25) is 11.8 Å². The molecular formula is C17H24N2O3. The monoisotopic (exact) mass is 304 g/mol.